The summed E-state index contributed by atoms with van der Waals surface area (Å²) >= 11 is 12.2. The van der Waals surface area contributed by atoms with Gasteiger partial charge in [-0.2, -0.15) is 5.10 Å². The van der Waals surface area contributed by atoms with Crippen molar-refractivity contribution >= 4 is 23.2 Å². The highest BCUT2D eigenvalue weighted by atomic mass is 35.5. The summed E-state index contributed by atoms with van der Waals surface area (Å²) in [7, 11) is 1.92. The van der Waals surface area contributed by atoms with E-state index in [2.05, 4.69) is 17.3 Å². The summed E-state index contributed by atoms with van der Waals surface area (Å²) in [5.41, 5.74) is 2.11. The molecule has 0 spiro atoms. The quantitative estimate of drug-likeness (QED) is 0.907. The van der Waals surface area contributed by atoms with Crippen LogP contribution in [0.15, 0.2) is 30.5 Å². The van der Waals surface area contributed by atoms with E-state index in [1.807, 2.05) is 36.1 Å². The zero-order chi connectivity index (χ0) is 13.8. The second kappa shape index (κ2) is 6.42. The number of hydrogen-bond acceptors (Lipinski definition) is 2. The van der Waals surface area contributed by atoms with E-state index in [-0.39, 0.29) is 6.04 Å². The van der Waals surface area contributed by atoms with Gasteiger partial charge in [-0.1, -0.05) is 36.2 Å². The third kappa shape index (κ3) is 3.11. The number of hydrogen-bond donors (Lipinski definition) is 1. The van der Waals surface area contributed by atoms with E-state index in [4.69, 9.17) is 23.2 Å². The van der Waals surface area contributed by atoms with Crippen LogP contribution < -0.4 is 5.32 Å². The minimum absolute atomic E-state index is 0.0128. The molecular weight excluding hydrogens is 281 g/mol. The Kier molecular flexibility index (Phi) is 4.86. The Balaban J connectivity index is 2.41. The smallest absolute Gasteiger partial charge is 0.0760 e. The molecule has 0 aliphatic carbocycles. The second-order valence-electron chi connectivity index (χ2n) is 4.37. The van der Waals surface area contributed by atoms with E-state index < -0.39 is 0 Å². The van der Waals surface area contributed by atoms with E-state index in [9.17, 15) is 0 Å². The van der Waals surface area contributed by atoms with Crippen LogP contribution in [-0.2, 0) is 6.54 Å². The first-order valence-electron chi connectivity index (χ1n) is 6.31. The Morgan fingerprint density at radius 1 is 1.32 bits per heavy atom. The van der Waals surface area contributed by atoms with E-state index in [0.29, 0.717) is 10.0 Å². The molecule has 1 N–H and O–H groups in total. The third-order valence-corrected chi connectivity index (χ3v) is 3.61. The number of aromatic nitrogens is 2. The second-order valence-corrected chi connectivity index (χ2v) is 5.21. The van der Waals surface area contributed by atoms with Gasteiger partial charge in [0.15, 0.2) is 0 Å². The normalized spacial score (nSPS) is 12.6. The van der Waals surface area contributed by atoms with Crippen molar-refractivity contribution in [1.82, 2.24) is 15.1 Å². The van der Waals surface area contributed by atoms with Gasteiger partial charge >= 0.3 is 0 Å². The van der Waals surface area contributed by atoms with Crippen LogP contribution in [0.4, 0.5) is 0 Å². The van der Waals surface area contributed by atoms with Crippen LogP contribution in [0.25, 0.3) is 0 Å². The third-order valence-electron chi connectivity index (χ3n) is 3.04. The predicted octanol–water partition coefficient (Wildman–Crippen LogP) is 3.91. The van der Waals surface area contributed by atoms with Gasteiger partial charge in [0.25, 0.3) is 0 Å². The lowest BCUT2D eigenvalue weighted by Gasteiger charge is -2.19. The van der Waals surface area contributed by atoms with Crippen molar-refractivity contribution < 1.29 is 0 Å². The summed E-state index contributed by atoms with van der Waals surface area (Å²) in [6.45, 7) is 3.03. The van der Waals surface area contributed by atoms with Gasteiger partial charge in [-0.15, -0.1) is 0 Å². The Hall–Kier alpha value is -1.03. The largest absolute Gasteiger partial charge is 0.308 e. The first kappa shape index (κ1) is 14.4. The lowest BCUT2D eigenvalue weighted by Crippen LogP contribution is -2.22. The minimum atomic E-state index is 0.0128. The SMILES string of the molecule is CCCn1nccc1C(NC)c1ccc(Cl)cc1Cl. The van der Waals surface area contributed by atoms with Gasteiger partial charge in [-0.3, -0.25) is 4.68 Å². The van der Waals surface area contributed by atoms with Crippen molar-refractivity contribution in [1.29, 1.82) is 0 Å². The van der Waals surface area contributed by atoms with Crippen LogP contribution in [-0.4, -0.2) is 16.8 Å². The fourth-order valence-corrected chi connectivity index (χ4v) is 2.70. The van der Waals surface area contributed by atoms with Crippen molar-refractivity contribution in [3.05, 3.63) is 51.8 Å². The number of benzene rings is 1. The maximum absolute atomic E-state index is 6.30. The zero-order valence-corrected chi connectivity index (χ0v) is 12.5. The molecular formula is C14H17Cl2N3. The number of nitrogens with one attached hydrogen (secondary N) is 1. The molecule has 3 nitrogen and oxygen atoms in total. The molecule has 0 aliphatic rings. The first-order chi connectivity index (χ1) is 9.17. The molecule has 1 unspecified atom stereocenters. The molecule has 1 aromatic heterocycles. The van der Waals surface area contributed by atoms with Gasteiger partial charge in [0.2, 0.25) is 0 Å². The molecule has 0 saturated carbocycles. The maximum atomic E-state index is 6.30. The summed E-state index contributed by atoms with van der Waals surface area (Å²) in [6.07, 6.45) is 2.86. The molecule has 2 rings (SSSR count). The number of rotatable bonds is 5. The molecule has 5 heteroatoms. The van der Waals surface area contributed by atoms with Crippen molar-refractivity contribution in [3.8, 4) is 0 Å². The summed E-state index contributed by atoms with van der Waals surface area (Å²) in [5.74, 6) is 0. The Labute approximate surface area is 123 Å². The lowest BCUT2D eigenvalue weighted by molar-refractivity contribution is 0.535. The molecule has 2 aromatic rings. The van der Waals surface area contributed by atoms with E-state index in [0.717, 1.165) is 24.2 Å². The van der Waals surface area contributed by atoms with Crippen LogP contribution >= 0.6 is 23.2 Å². The van der Waals surface area contributed by atoms with Crippen LogP contribution in [0.2, 0.25) is 10.0 Å². The number of aryl methyl sites for hydroxylation is 1. The van der Waals surface area contributed by atoms with Crippen molar-refractivity contribution in [2.24, 2.45) is 0 Å². The summed E-state index contributed by atoms with van der Waals surface area (Å²) in [6, 6.07) is 7.60. The molecule has 0 aliphatic heterocycles. The predicted molar refractivity (Wildman–Crippen MR) is 79.9 cm³/mol. The Bertz CT molecular complexity index is 551. The van der Waals surface area contributed by atoms with Gasteiger partial charge in [0.05, 0.1) is 11.7 Å². The number of nitrogens with zero attached hydrogens (tertiary/aromatic N) is 2. The van der Waals surface area contributed by atoms with Crippen LogP contribution in [0.5, 0.6) is 0 Å². The first-order valence-corrected chi connectivity index (χ1v) is 7.07. The molecule has 0 saturated heterocycles. The molecule has 1 atom stereocenters. The van der Waals surface area contributed by atoms with Crippen LogP contribution in [0, 0.1) is 0 Å². The Morgan fingerprint density at radius 3 is 2.74 bits per heavy atom. The monoisotopic (exact) mass is 297 g/mol. The highest BCUT2D eigenvalue weighted by molar-refractivity contribution is 6.35. The maximum Gasteiger partial charge on any atom is 0.0760 e. The van der Waals surface area contributed by atoms with Gasteiger partial charge in [-0.25, -0.2) is 0 Å². The Morgan fingerprint density at radius 2 is 2.11 bits per heavy atom. The molecule has 0 radical (unpaired) electrons. The number of halogens is 2. The lowest BCUT2D eigenvalue weighted by atomic mass is 10.0. The van der Waals surface area contributed by atoms with Crippen molar-refractivity contribution in [3.63, 3.8) is 0 Å². The minimum Gasteiger partial charge on any atom is -0.308 e. The van der Waals surface area contributed by atoms with E-state index >= 15 is 0 Å². The van der Waals surface area contributed by atoms with Gasteiger partial charge < -0.3 is 5.32 Å². The summed E-state index contributed by atoms with van der Waals surface area (Å²) in [5, 5.41) is 8.95. The van der Waals surface area contributed by atoms with Crippen molar-refractivity contribution in [2.75, 3.05) is 7.05 Å². The van der Waals surface area contributed by atoms with Gasteiger partial charge in [0.1, 0.15) is 0 Å². The zero-order valence-electron chi connectivity index (χ0n) is 11.0. The standard InChI is InChI=1S/C14H17Cl2N3/c1-3-8-19-13(6-7-18-19)14(17-2)11-5-4-10(15)9-12(11)16/h4-7,9,14,17H,3,8H2,1-2H3. The van der Waals surface area contributed by atoms with Crippen LogP contribution in [0.1, 0.15) is 30.6 Å². The highest BCUT2D eigenvalue weighted by Crippen LogP contribution is 2.30. The molecule has 0 amide bonds. The van der Waals surface area contributed by atoms with Crippen LogP contribution in [0.3, 0.4) is 0 Å². The van der Waals surface area contributed by atoms with E-state index in [1.54, 1.807) is 6.07 Å². The fraction of sp³-hybridized carbons (Fsp3) is 0.357. The molecule has 19 heavy (non-hydrogen) atoms. The average Bonchev–Trinajstić information content (AvgIpc) is 2.82. The van der Waals surface area contributed by atoms with Gasteiger partial charge in [0, 0.05) is 22.8 Å². The molecule has 1 heterocycles. The topological polar surface area (TPSA) is 29.9 Å². The van der Waals surface area contributed by atoms with E-state index in [1.165, 1.54) is 0 Å². The molecule has 1 aromatic carbocycles. The van der Waals surface area contributed by atoms with Crippen molar-refractivity contribution in [2.45, 2.75) is 25.9 Å². The summed E-state index contributed by atoms with van der Waals surface area (Å²) in [4.78, 5) is 0. The highest BCUT2D eigenvalue weighted by Gasteiger charge is 2.19. The molecule has 0 fully saturated rings. The average molecular weight is 298 g/mol. The van der Waals surface area contributed by atoms with Gasteiger partial charge in [-0.05, 0) is 37.2 Å². The summed E-state index contributed by atoms with van der Waals surface area (Å²) < 4.78 is 2.01. The molecule has 102 valence electrons. The molecule has 0 bridgehead atoms. The fourth-order valence-electron chi connectivity index (χ4n) is 2.19.